The van der Waals surface area contributed by atoms with Gasteiger partial charge in [0, 0.05) is 32.7 Å². The number of hydrogen-bond donors (Lipinski definition) is 1. The van der Waals surface area contributed by atoms with Crippen molar-refractivity contribution in [2.45, 2.75) is 13.0 Å². The van der Waals surface area contributed by atoms with E-state index in [0.717, 1.165) is 24.4 Å². The number of aliphatic hydroxyl groups is 1. The molecule has 1 heterocycles. The Hall–Kier alpha value is -2.62. The number of para-hydroxylation sites is 1. The van der Waals surface area contributed by atoms with Crippen molar-refractivity contribution in [3.05, 3.63) is 59.4 Å². The highest BCUT2D eigenvalue weighted by atomic mass is 19.1. The standard InChI is InChI=1S/C21H24FN3O2/c1-16-4-2-3-5-21(16)27-15-18(26)14-24-8-10-25(11-9-24)20-7-6-17(13-23)12-19(20)22/h2-7,12,18,26H,8-11,14-15H2,1H3. The zero-order valence-electron chi connectivity index (χ0n) is 15.4. The van der Waals surface area contributed by atoms with Gasteiger partial charge in [-0.3, -0.25) is 4.90 Å². The Kier molecular flexibility index (Phi) is 6.28. The minimum atomic E-state index is -0.581. The summed E-state index contributed by atoms with van der Waals surface area (Å²) in [6.45, 7) is 5.57. The van der Waals surface area contributed by atoms with Crippen molar-refractivity contribution >= 4 is 5.69 Å². The van der Waals surface area contributed by atoms with E-state index in [-0.39, 0.29) is 12.4 Å². The highest BCUT2D eigenvalue weighted by Crippen LogP contribution is 2.22. The van der Waals surface area contributed by atoms with Gasteiger partial charge in [-0.05, 0) is 36.8 Å². The van der Waals surface area contributed by atoms with Crippen LogP contribution in [-0.2, 0) is 0 Å². The largest absolute Gasteiger partial charge is 0.491 e. The molecule has 0 amide bonds. The minimum absolute atomic E-state index is 0.245. The van der Waals surface area contributed by atoms with Gasteiger partial charge in [-0.2, -0.15) is 5.26 Å². The molecule has 0 aliphatic carbocycles. The number of nitriles is 1. The van der Waals surface area contributed by atoms with Gasteiger partial charge in [-0.1, -0.05) is 18.2 Å². The first-order valence-electron chi connectivity index (χ1n) is 9.10. The van der Waals surface area contributed by atoms with Crippen molar-refractivity contribution in [1.29, 1.82) is 5.26 Å². The fourth-order valence-electron chi connectivity index (χ4n) is 3.26. The molecule has 1 N–H and O–H groups in total. The lowest BCUT2D eigenvalue weighted by Gasteiger charge is -2.37. The van der Waals surface area contributed by atoms with Crippen LogP contribution in [0.15, 0.2) is 42.5 Å². The molecule has 1 unspecified atom stereocenters. The van der Waals surface area contributed by atoms with Gasteiger partial charge < -0.3 is 14.7 Å². The van der Waals surface area contributed by atoms with E-state index in [4.69, 9.17) is 10.00 Å². The Balaban J connectivity index is 1.46. The molecule has 1 saturated heterocycles. The number of nitrogens with zero attached hydrogens (tertiary/aromatic N) is 3. The van der Waals surface area contributed by atoms with Crippen LogP contribution in [0.5, 0.6) is 5.75 Å². The lowest BCUT2D eigenvalue weighted by molar-refractivity contribution is 0.0660. The lowest BCUT2D eigenvalue weighted by Crippen LogP contribution is -2.49. The summed E-state index contributed by atoms with van der Waals surface area (Å²) < 4.78 is 19.9. The smallest absolute Gasteiger partial charge is 0.147 e. The van der Waals surface area contributed by atoms with E-state index < -0.39 is 6.10 Å². The minimum Gasteiger partial charge on any atom is -0.491 e. The topological polar surface area (TPSA) is 59.7 Å². The predicted octanol–water partition coefficient (Wildman–Crippen LogP) is 2.57. The average molecular weight is 369 g/mol. The number of rotatable bonds is 6. The van der Waals surface area contributed by atoms with Gasteiger partial charge in [0.1, 0.15) is 24.3 Å². The molecule has 5 nitrogen and oxygen atoms in total. The average Bonchev–Trinajstić information content (AvgIpc) is 2.68. The number of piperazine rings is 1. The van der Waals surface area contributed by atoms with Crippen LogP contribution in [0.1, 0.15) is 11.1 Å². The maximum absolute atomic E-state index is 14.2. The first-order chi connectivity index (χ1) is 13.1. The number of halogens is 1. The maximum Gasteiger partial charge on any atom is 0.147 e. The van der Waals surface area contributed by atoms with Gasteiger partial charge in [-0.15, -0.1) is 0 Å². The van der Waals surface area contributed by atoms with Crippen LogP contribution in [-0.4, -0.2) is 55.4 Å². The third-order valence-corrected chi connectivity index (χ3v) is 4.78. The zero-order valence-corrected chi connectivity index (χ0v) is 15.4. The number of β-amino-alcohol motifs (C(OH)–C–C–N with tert-alkyl or cyclic N) is 1. The van der Waals surface area contributed by atoms with Crippen LogP contribution >= 0.6 is 0 Å². The third-order valence-electron chi connectivity index (χ3n) is 4.78. The lowest BCUT2D eigenvalue weighted by atomic mass is 10.1. The highest BCUT2D eigenvalue weighted by molar-refractivity contribution is 5.51. The molecule has 1 fully saturated rings. The number of aliphatic hydroxyl groups excluding tert-OH is 1. The molecule has 0 saturated carbocycles. The van der Waals surface area contributed by atoms with Crippen molar-refractivity contribution in [2.24, 2.45) is 0 Å². The molecule has 142 valence electrons. The molecule has 27 heavy (non-hydrogen) atoms. The maximum atomic E-state index is 14.2. The summed E-state index contributed by atoms with van der Waals surface area (Å²) in [6.07, 6.45) is -0.581. The van der Waals surface area contributed by atoms with Gasteiger partial charge in [-0.25, -0.2) is 4.39 Å². The molecule has 0 spiro atoms. The summed E-state index contributed by atoms with van der Waals surface area (Å²) in [5, 5.41) is 19.1. The second kappa shape index (κ2) is 8.85. The van der Waals surface area contributed by atoms with Gasteiger partial charge in [0.05, 0.1) is 17.3 Å². The Morgan fingerprint density at radius 3 is 2.59 bits per heavy atom. The van der Waals surface area contributed by atoms with E-state index in [0.29, 0.717) is 30.9 Å². The SMILES string of the molecule is Cc1ccccc1OCC(O)CN1CCN(c2ccc(C#N)cc2F)CC1. The van der Waals surface area contributed by atoms with E-state index in [9.17, 15) is 9.50 Å². The number of benzene rings is 2. The Morgan fingerprint density at radius 1 is 1.19 bits per heavy atom. The van der Waals surface area contributed by atoms with Gasteiger partial charge >= 0.3 is 0 Å². The van der Waals surface area contributed by atoms with Crippen molar-refractivity contribution in [2.75, 3.05) is 44.2 Å². The Labute approximate surface area is 159 Å². The molecule has 1 aliphatic rings. The number of aryl methyl sites for hydroxylation is 1. The van der Waals surface area contributed by atoms with Gasteiger partial charge in [0.25, 0.3) is 0 Å². The number of anilines is 1. The molecule has 3 rings (SSSR count). The van der Waals surface area contributed by atoms with E-state index in [1.807, 2.05) is 42.2 Å². The Morgan fingerprint density at radius 2 is 1.93 bits per heavy atom. The van der Waals surface area contributed by atoms with Crippen molar-refractivity contribution in [3.63, 3.8) is 0 Å². The molecule has 1 aliphatic heterocycles. The van der Waals surface area contributed by atoms with Gasteiger partial charge in [0.15, 0.2) is 0 Å². The third kappa shape index (κ3) is 4.97. The summed E-state index contributed by atoms with van der Waals surface area (Å²) in [5.41, 5.74) is 1.89. The van der Waals surface area contributed by atoms with Crippen LogP contribution in [0.2, 0.25) is 0 Å². The molecule has 0 aromatic heterocycles. The van der Waals surface area contributed by atoms with Gasteiger partial charge in [0.2, 0.25) is 0 Å². The Bertz CT molecular complexity index is 813. The second-order valence-electron chi connectivity index (χ2n) is 6.80. The van der Waals surface area contributed by atoms with E-state index in [1.54, 1.807) is 12.1 Å². The van der Waals surface area contributed by atoms with E-state index in [1.165, 1.54) is 6.07 Å². The van der Waals surface area contributed by atoms with E-state index >= 15 is 0 Å². The molecule has 0 radical (unpaired) electrons. The van der Waals surface area contributed by atoms with Crippen LogP contribution in [0.3, 0.4) is 0 Å². The molecular weight excluding hydrogens is 345 g/mol. The summed E-state index contributed by atoms with van der Waals surface area (Å²) in [5.74, 6) is 0.423. The van der Waals surface area contributed by atoms with Crippen molar-refractivity contribution in [3.8, 4) is 11.8 Å². The quantitative estimate of drug-likeness (QED) is 0.848. The highest BCUT2D eigenvalue weighted by Gasteiger charge is 2.21. The molecule has 6 heteroatoms. The first-order valence-corrected chi connectivity index (χ1v) is 9.10. The molecule has 2 aromatic rings. The second-order valence-corrected chi connectivity index (χ2v) is 6.80. The predicted molar refractivity (Wildman–Crippen MR) is 102 cm³/mol. The van der Waals surface area contributed by atoms with Crippen LogP contribution in [0.4, 0.5) is 10.1 Å². The molecule has 1 atom stereocenters. The monoisotopic (exact) mass is 369 g/mol. The van der Waals surface area contributed by atoms with Crippen LogP contribution in [0, 0.1) is 24.1 Å². The zero-order chi connectivity index (χ0) is 19.2. The first kappa shape index (κ1) is 19.2. The molecule has 0 bridgehead atoms. The van der Waals surface area contributed by atoms with E-state index in [2.05, 4.69) is 4.90 Å². The normalized spacial score (nSPS) is 16.0. The molecule has 2 aromatic carbocycles. The summed E-state index contributed by atoms with van der Waals surface area (Å²) >= 11 is 0. The van der Waals surface area contributed by atoms with Crippen molar-refractivity contribution in [1.82, 2.24) is 4.90 Å². The summed E-state index contributed by atoms with van der Waals surface area (Å²) in [4.78, 5) is 4.13. The van der Waals surface area contributed by atoms with Crippen LogP contribution in [0.25, 0.3) is 0 Å². The molecular formula is C21H24FN3O2. The fraction of sp³-hybridized carbons (Fsp3) is 0.381. The summed E-state index contributed by atoms with van der Waals surface area (Å²) in [6, 6.07) is 14.3. The van der Waals surface area contributed by atoms with Crippen LogP contribution < -0.4 is 9.64 Å². The fourth-order valence-corrected chi connectivity index (χ4v) is 3.26. The van der Waals surface area contributed by atoms with Crippen molar-refractivity contribution < 1.29 is 14.2 Å². The number of hydrogen-bond acceptors (Lipinski definition) is 5. The summed E-state index contributed by atoms with van der Waals surface area (Å²) in [7, 11) is 0. The number of ether oxygens (including phenoxy) is 1.